The fourth-order valence-electron chi connectivity index (χ4n) is 1.22. The van der Waals surface area contributed by atoms with E-state index < -0.39 is 12.9 Å². The third-order valence-electron chi connectivity index (χ3n) is 1.82. The maximum absolute atomic E-state index is 13.1. The number of rotatable bonds is 1. The molecule has 0 spiro atoms. The van der Waals surface area contributed by atoms with Crippen LogP contribution in [0.25, 0.3) is 11.1 Å². The molecule has 2 aromatic rings. The van der Waals surface area contributed by atoms with E-state index in [1.165, 1.54) is 6.07 Å². The summed E-state index contributed by atoms with van der Waals surface area (Å²) in [7, 11) is -1.73. The van der Waals surface area contributed by atoms with Crippen LogP contribution < -0.4 is 11.2 Å². The van der Waals surface area contributed by atoms with E-state index in [1.807, 2.05) is 0 Å². The number of oxazole rings is 1. The SMILES string of the molecule is Nc1nc2c(B(O)O)ccc(F)c2o1. The van der Waals surface area contributed by atoms with Crippen LogP contribution in [0.2, 0.25) is 0 Å². The van der Waals surface area contributed by atoms with Gasteiger partial charge >= 0.3 is 7.12 Å². The van der Waals surface area contributed by atoms with E-state index in [9.17, 15) is 4.39 Å². The fraction of sp³-hybridized carbons (Fsp3) is 0. The van der Waals surface area contributed by atoms with Crippen LogP contribution in [0.15, 0.2) is 16.5 Å². The van der Waals surface area contributed by atoms with Crippen LogP contribution in [0.1, 0.15) is 0 Å². The zero-order valence-corrected chi connectivity index (χ0v) is 6.94. The highest BCUT2D eigenvalue weighted by Crippen LogP contribution is 2.18. The molecule has 14 heavy (non-hydrogen) atoms. The topological polar surface area (TPSA) is 92.5 Å². The number of benzene rings is 1. The molecular weight excluding hydrogens is 190 g/mol. The molecule has 7 heteroatoms. The minimum atomic E-state index is -1.73. The van der Waals surface area contributed by atoms with Crippen molar-refractivity contribution in [1.82, 2.24) is 4.98 Å². The first kappa shape index (κ1) is 8.98. The van der Waals surface area contributed by atoms with E-state index in [-0.39, 0.29) is 22.6 Å². The highest BCUT2D eigenvalue weighted by atomic mass is 19.1. The molecule has 1 aromatic carbocycles. The zero-order valence-electron chi connectivity index (χ0n) is 6.94. The third-order valence-corrected chi connectivity index (χ3v) is 1.82. The molecule has 4 N–H and O–H groups in total. The van der Waals surface area contributed by atoms with E-state index in [1.54, 1.807) is 0 Å². The Balaban J connectivity index is 2.81. The van der Waals surface area contributed by atoms with E-state index in [4.69, 9.17) is 20.2 Å². The minimum absolute atomic E-state index is 0.0255. The molecular formula is C7H6BFN2O3. The van der Waals surface area contributed by atoms with Crippen molar-refractivity contribution in [2.75, 3.05) is 5.73 Å². The summed E-state index contributed by atoms with van der Waals surface area (Å²) in [6.07, 6.45) is 0. The van der Waals surface area contributed by atoms with Crippen LogP contribution in [0.5, 0.6) is 0 Å². The van der Waals surface area contributed by atoms with Gasteiger partial charge in [-0.15, -0.1) is 0 Å². The van der Waals surface area contributed by atoms with Crippen molar-refractivity contribution in [3.63, 3.8) is 0 Å². The number of fused-ring (bicyclic) bond motifs is 1. The summed E-state index contributed by atoms with van der Waals surface area (Å²) in [5.74, 6) is -0.645. The Morgan fingerprint density at radius 1 is 1.43 bits per heavy atom. The molecule has 1 heterocycles. The van der Waals surface area contributed by atoms with E-state index in [2.05, 4.69) is 4.98 Å². The van der Waals surface area contributed by atoms with E-state index in [0.717, 1.165) is 6.07 Å². The highest BCUT2D eigenvalue weighted by Gasteiger charge is 2.20. The van der Waals surface area contributed by atoms with E-state index in [0.29, 0.717) is 0 Å². The number of anilines is 1. The lowest BCUT2D eigenvalue weighted by Crippen LogP contribution is -2.30. The summed E-state index contributed by atoms with van der Waals surface area (Å²) in [6, 6.07) is 2.05. The van der Waals surface area contributed by atoms with E-state index >= 15 is 0 Å². The van der Waals surface area contributed by atoms with Gasteiger partial charge in [-0.2, -0.15) is 4.98 Å². The van der Waals surface area contributed by atoms with Gasteiger partial charge in [0, 0.05) is 5.46 Å². The monoisotopic (exact) mass is 196 g/mol. The number of nitrogen functional groups attached to an aromatic ring is 1. The molecule has 0 radical (unpaired) electrons. The Kier molecular flexibility index (Phi) is 1.90. The zero-order chi connectivity index (χ0) is 10.3. The van der Waals surface area contributed by atoms with Gasteiger partial charge in [0.2, 0.25) is 0 Å². The van der Waals surface area contributed by atoms with Gasteiger partial charge in [0.1, 0.15) is 5.52 Å². The first-order valence-electron chi connectivity index (χ1n) is 3.80. The lowest BCUT2D eigenvalue weighted by atomic mass is 9.79. The lowest BCUT2D eigenvalue weighted by molar-refractivity contribution is 0.426. The van der Waals surface area contributed by atoms with Crippen molar-refractivity contribution in [1.29, 1.82) is 0 Å². The van der Waals surface area contributed by atoms with Crippen LogP contribution in [0.3, 0.4) is 0 Å². The molecule has 0 bridgehead atoms. The van der Waals surface area contributed by atoms with Gasteiger partial charge in [0.15, 0.2) is 11.4 Å². The second-order valence-corrected chi connectivity index (χ2v) is 2.74. The maximum atomic E-state index is 13.1. The molecule has 0 saturated heterocycles. The van der Waals surface area contributed by atoms with Crippen molar-refractivity contribution in [3.8, 4) is 0 Å². The molecule has 5 nitrogen and oxygen atoms in total. The van der Waals surface area contributed by atoms with Crippen LogP contribution in [0.4, 0.5) is 10.4 Å². The first-order valence-corrected chi connectivity index (χ1v) is 3.80. The molecule has 1 aromatic heterocycles. The number of hydrogen-bond donors (Lipinski definition) is 3. The molecule has 0 aliphatic rings. The van der Waals surface area contributed by atoms with Crippen molar-refractivity contribution in [2.45, 2.75) is 0 Å². The molecule has 0 amide bonds. The Morgan fingerprint density at radius 3 is 2.79 bits per heavy atom. The molecule has 72 valence electrons. The first-order chi connectivity index (χ1) is 6.59. The average molecular weight is 196 g/mol. The van der Waals surface area contributed by atoms with Gasteiger partial charge in [-0.25, -0.2) is 4.39 Å². The molecule has 0 atom stereocenters. The lowest BCUT2D eigenvalue weighted by Gasteiger charge is -1.98. The Labute approximate surface area is 78.1 Å². The van der Waals surface area contributed by atoms with Gasteiger partial charge < -0.3 is 20.2 Å². The van der Waals surface area contributed by atoms with Crippen molar-refractivity contribution >= 4 is 29.7 Å². The van der Waals surface area contributed by atoms with Gasteiger partial charge in [0.25, 0.3) is 6.01 Å². The van der Waals surface area contributed by atoms with Crippen LogP contribution >= 0.6 is 0 Å². The Hall–Kier alpha value is -1.60. The normalized spacial score (nSPS) is 10.8. The molecule has 0 unspecified atom stereocenters. The Bertz CT molecular complexity index is 485. The highest BCUT2D eigenvalue weighted by molar-refractivity contribution is 6.61. The van der Waals surface area contributed by atoms with Crippen LogP contribution in [-0.2, 0) is 0 Å². The standard InChI is InChI=1S/C7H6BFN2O3/c9-4-2-1-3(8(12)13)5-6(4)14-7(10)11-5/h1-2,12-13H,(H2,10,11). The largest absolute Gasteiger partial charge is 0.490 e. The summed E-state index contributed by atoms with van der Waals surface area (Å²) in [4.78, 5) is 3.65. The molecule has 0 fully saturated rings. The minimum Gasteiger partial charge on any atom is -0.423 e. The number of hydrogen-bond acceptors (Lipinski definition) is 5. The smallest absolute Gasteiger partial charge is 0.423 e. The molecule has 0 aliphatic carbocycles. The second-order valence-electron chi connectivity index (χ2n) is 2.74. The molecule has 2 rings (SSSR count). The molecule has 0 saturated carbocycles. The van der Waals surface area contributed by atoms with Crippen LogP contribution in [0, 0.1) is 5.82 Å². The predicted octanol–water partition coefficient (Wildman–Crippen LogP) is -0.771. The number of nitrogens with two attached hydrogens (primary N) is 1. The second kappa shape index (κ2) is 2.97. The summed E-state index contributed by atoms with van der Waals surface area (Å²) >= 11 is 0. The predicted molar refractivity (Wildman–Crippen MR) is 48.2 cm³/mol. The third kappa shape index (κ3) is 1.23. The van der Waals surface area contributed by atoms with Gasteiger partial charge in [-0.1, -0.05) is 6.07 Å². The van der Waals surface area contributed by atoms with Crippen molar-refractivity contribution in [2.24, 2.45) is 0 Å². The molecule has 0 aliphatic heterocycles. The summed E-state index contributed by atoms with van der Waals surface area (Å²) in [5.41, 5.74) is 5.13. The van der Waals surface area contributed by atoms with Crippen molar-refractivity contribution < 1.29 is 18.9 Å². The Morgan fingerprint density at radius 2 is 2.14 bits per heavy atom. The van der Waals surface area contributed by atoms with Gasteiger partial charge in [-0.05, 0) is 6.07 Å². The summed E-state index contributed by atoms with van der Waals surface area (Å²) in [5, 5.41) is 17.9. The fourth-order valence-corrected chi connectivity index (χ4v) is 1.22. The number of nitrogens with zero attached hydrogens (tertiary/aromatic N) is 1. The summed E-state index contributed by atoms with van der Waals surface area (Å²) < 4.78 is 17.8. The number of halogens is 1. The average Bonchev–Trinajstić information content (AvgIpc) is 2.47. The quantitative estimate of drug-likeness (QED) is 0.520. The summed E-state index contributed by atoms with van der Waals surface area (Å²) in [6.45, 7) is 0. The van der Waals surface area contributed by atoms with Gasteiger partial charge in [0.05, 0.1) is 0 Å². The van der Waals surface area contributed by atoms with Crippen molar-refractivity contribution in [3.05, 3.63) is 17.9 Å². The number of aromatic nitrogens is 1. The maximum Gasteiger partial charge on any atom is 0.490 e. The van der Waals surface area contributed by atoms with Gasteiger partial charge in [-0.3, -0.25) is 0 Å². The van der Waals surface area contributed by atoms with Crippen LogP contribution in [-0.4, -0.2) is 22.2 Å².